The van der Waals surface area contributed by atoms with Crippen LogP contribution in [0.3, 0.4) is 0 Å². The number of nitrogen functional groups attached to an aromatic ring is 1. The molecule has 13 heavy (non-hydrogen) atoms. The summed E-state index contributed by atoms with van der Waals surface area (Å²) in [6, 6.07) is 0. The lowest BCUT2D eigenvalue weighted by Crippen LogP contribution is -2.15. The Kier molecular flexibility index (Phi) is 2.60. The summed E-state index contributed by atoms with van der Waals surface area (Å²) in [7, 11) is 0. The van der Waals surface area contributed by atoms with Gasteiger partial charge in [0.1, 0.15) is 0 Å². The molecular formula is C7H12N4OS. The van der Waals surface area contributed by atoms with Crippen LogP contribution in [0.1, 0.15) is 6.42 Å². The summed E-state index contributed by atoms with van der Waals surface area (Å²) >= 11 is 1.28. The van der Waals surface area contributed by atoms with Gasteiger partial charge in [-0.3, -0.25) is 0 Å². The Hall–Kier alpha value is -0.880. The number of hydrogen-bond donors (Lipinski definition) is 2. The highest BCUT2D eigenvalue weighted by Gasteiger charge is 2.15. The van der Waals surface area contributed by atoms with Crippen LogP contribution in [0.4, 0.5) is 5.13 Å². The van der Waals surface area contributed by atoms with Crippen LogP contribution in [0, 0.1) is 5.92 Å². The van der Waals surface area contributed by atoms with E-state index in [1.165, 1.54) is 17.8 Å². The van der Waals surface area contributed by atoms with Gasteiger partial charge in [0.25, 0.3) is 5.19 Å². The van der Waals surface area contributed by atoms with Gasteiger partial charge in [-0.15, -0.1) is 5.10 Å². The smallest absolute Gasteiger partial charge is 0.295 e. The summed E-state index contributed by atoms with van der Waals surface area (Å²) in [5, 5.41) is 11.8. The molecule has 0 saturated carbocycles. The third-order valence-electron chi connectivity index (χ3n) is 2.03. The van der Waals surface area contributed by atoms with Crippen molar-refractivity contribution in [2.75, 3.05) is 25.4 Å². The van der Waals surface area contributed by atoms with Crippen molar-refractivity contribution in [1.29, 1.82) is 0 Å². The summed E-state index contributed by atoms with van der Waals surface area (Å²) < 4.78 is 5.44. The van der Waals surface area contributed by atoms with Crippen molar-refractivity contribution in [2.24, 2.45) is 5.92 Å². The van der Waals surface area contributed by atoms with E-state index in [4.69, 9.17) is 10.5 Å². The fourth-order valence-corrected chi connectivity index (χ4v) is 1.79. The number of nitrogens with one attached hydrogen (secondary N) is 1. The minimum Gasteiger partial charge on any atom is -0.469 e. The van der Waals surface area contributed by atoms with E-state index in [9.17, 15) is 0 Å². The van der Waals surface area contributed by atoms with Crippen molar-refractivity contribution >= 4 is 16.5 Å². The molecule has 2 rings (SSSR count). The molecule has 1 saturated heterocycles. The minimum atomic E-state index is 0.458. The van der Waals surface area contributed by atoms with Gasteiger partial charge >= 0.3 is 0 Å². The molecule has 0 radical (unpaired) electrons. The van der Waals surface area contributed by atoms with Crippen molar-refractivity contribution < 1.29 is 4.74 Å². The third kappa shape index (κ3) is 2.28. The normalized spacial score (nSPS) is 22.0. The van der Waals surface area contributed by atoms with Crippen LogP contribution < -0.4 is 15.8 Å². The van der Waals surface area contributed by atoms with Gasteiger partial charge in [-0.05, 0) is 24.3 Å². The van der Waals surface area contributed by atoms with Crippen LogP contribution in [-0.2, 0) is 0 Å². The lowest BCUT2D eigenvalue weighted by molar-refractivity contribution is 0.257. The highest BCUT2D eigenvalue weighted by atomic mass is 32.1. The van der Waals surface area contributed by atoms with E-state index in [0.717, 1.165) is 13.1 Å². The molecule has 1 aromatic heterocycles. The predicted octanol–water partition coefficient (Wildman–Crippen LogP) is 0.109. The van der Waals surface area contributed by atoms with E-state index in [1.54, 1.807) is 0 Å². The average Bonchev–Trinajstić information content (AvgIpc) is 2.71. The maximum Gasteiger partial charge on any atom is 0.295 e. The monoisotopic (exact) mass is 200 g/mol. The van der Waals surface area contributed by atoms with E-state index >= 15 is 0 Å². The number of anilines is 1. The molecule has 0 aliphatic carbocycles. The van der Waals surface area contributed by atoms with Crippen LogP contribution >= 0.6 is 11.3 Å². The first kappa shape index (κ1) is 8.71. The van der Waals surface area contributed by atoms with Gasteiger partial charge in [0.05, 0.1) is 6.61 Å². The number of rotatable bonds is 3. The van der Waals surface area contributed by atoms with Gasteiger partial charge in [-0.2, -0.15) is 0 Å². The first-order chi connectivity index (χ1) is 6.34. The number of ether oxygens (including phenoxy) is 1. The quantitative estimate of drug-likeness (QED) is 0.724. The Morgan fingerprint density at radius 2 is 2.54 bits per heavy atom. The van der Waals surface area contributed by atoms with Gasteiger partial charge in [0, 0.05) is 12.5 Å². The summed E-state index contributed by atoms with van der Waals surface area (Å²) in [5.74, 6) is 0.602. The highest BCUT2D eigenvalue weighted by molar-refractivity contribution is 7.16. The SMILES string of the molecule is Nc1nnc(OC[C@H]2CCNC2)s1. The highest BCUT2D eigenvalue weighted by Crippen LogP contribution is 2.20. The minimum absolute atomic E-state index is 0.458. The zero-order valence-corrected chi connectivity index (χ0v) is 8.01. The second-order valence-corrected chi connectivity index (χ2v) is 4.05. The second-order valence-electron chi connectivity index (χ2n) is 3.08. The fourth-order valence-electron chi connectivity index (χ4n) is 1.32. The maximum absolute atomic E-state index is 5.44. The number of aromatic nitrogens is 2. The molecule has 1 aliphatic heterocycles. The molecule has 3 N–H and O–H groups in total. The van der Waals surface area contributed by atoms with Crippen LogP contribution in [0.15, 0.2) is 0 Å². The first-order valence-corrected chi connectivity index (χ1v) is 5.09. The molecule has 0 amide bonds. The Morgan fingerprint density at radius 3 is 3.15 bits per heavy atom. The van der Waals surface area contributed by atoms with Crippen molar-refractivity contribution in [2.45, 2.75) is 6.42 Å². The summed E-state index contributed by atoms with van der Waals surface area (Å²) in [5.41, 5.74) is 5.41. The van der Waals surface area contributed by atoms with Gasteiger partial charge in [0.15, 0.2) is 0 Å². The molecule has 0 bridgehead atoms. The van der Waals surface area contributed by atoms with Gasteiger partial charge in [0.2, 0.25) is 5.13 Å². The molecule has 5 nitrogen and oxygen atoms in total. The molecular weight excluding hydrogens is 188 g/mol. The summed E-state index contributed by atoms with van der Waals surface area (Å²) in [6.07, 6.45) is 1.17. The molecule has 2 heterocycles. The Labute approximate surface area is 80.3 Å². The molecule has 6 heteroatoms. The topological polar surface area (TPSA) is 73.1 Å². The number of hydrogen-bond acceptors (Lipinski definition) is 6. The van der Waals surface area contributed by atoms with Crippen LogP contribution in [-0.4, -0.2) is 29.9 Å². The zero-order valence-electron chi connectivity index (χ0n) is 7.19. The summed E-state index contributed by atoms with van der Waals surface area (Å²) in [4.78, 5) is 0. The number of nitrogens with zero attached hydrogens (tertiary/aromatic N) is 2. The van der Waals surface area contributed by atoms with Crippen molar-refractivity contribution in [3.63, 3.8) is 0 Å². The predicted molar refractivity (Wildman–Crippen MR) is 50.8 cm³/mol. The molecule has 0 unspecified atom stereocenters. The zero-order chi connectivity index (χ0) is 9.10. The van der Waals surface area contributed by atoms with E-state index < -0.39 is 0 Å². The van der Waals surface area contributed by atoms with E-state index in [2.05, 4.69) is 15.5 Å². The molecule has 1 aliphatic rings. The van der Waals surface area contributed by atoms with Crippen molar-refractivity contribution in [3.05, 3.63) is 0 Å². The van der Waals surface area contributed by atoms with Gasteiger partial charge < -0.3 is 15.8 Å². The molecule has 1 atom stereocenters. The molecule has 0 aromatic carbocycles. The fraction of sp³-hybridized carbons (Fsp3) is 0.714. The van der Waals surface area contributed by atoms with Crippen LogP contribution in [0.2, 0.25) is 0 Å². The van der Waals surface area contributed by atoms with E-state index in [1.807, 2.05) is 0 Å². The largest absolute Gasteiger partial charge is 0.469 e. The van der Waals surface area contributed by atoms with Crippen LogP contribution in [0.5, 0.6) is 5.19 Å². The first-order valence-electron chi connectivity index (χ1n) is 4.27. The Balaban J connectivity index is 1.78. The van der Waals surface area contributed by atoms with E-state index in [0.29, 0.717) is 22.9 Å². The van der Waals surface area contributed by atoms with Gasteiger partial charge in [-0.1, -0.05) is 5.10 Å². The number of nitrogens with two attached hydrogens (primary N) is 1. The second kappa shape index (κ2) is 3.89. The van der Waals surface area contributed by atoms with Crippen LogP contribution in [0.25, 0.3) is 0 Å². The molecule has 1 aromatic rings. The molecule has 0 spiro atoms. The van der Waals surface area contributed by atoms with Gasteiger partial charge in [-0.25, -0.2) is 0 Å². The summed E-state index contributed by atoms with van der Waals surface area (Å²) in [6.45, 7) is 2.84. The van der Waals surface area contributed by atoms with Crippen molar-refractivity contribution in [1.82, 2.24) is 15.5 Å². The van der Waals surface area contributed by atoms with E-state index in [-0.39, 0.29) is 0 Å². The Morgan fingerprint density at radius 1 is 1.62 bits per heavy atom. The molecule has 1 fully saturated rings. The standard InChI is InChI=1S/C7H12N4OS/c8-6-10-11-7(13-6)12-4-5-1-2-9-3-5/h5,9H,1-4H2,(H2,8,10)/t5-/m0/s1. The lowest BCUT2D eigenvalue weighted by Gasteiger charge is -2.06. The average molecular weight is 200 g/mol. The maximum atomic E-state index is 5.44. The molecule has 72 valence electrons. The van der Waals surface area contributed by atoms with Crippen molar-refractivity contribution in [3.8, 4) is 5.19 Å². The Bertz CT molecular complexity index is 271. The third-order valence-corrected chi connectivity index (χ3v) is 2.69. The lowest BCUT2D eigenvalue weighted by atomic mass is 10.1.